The van der Waals surface area contributed by atoms with Gasteiger partial charge >= 0.3 is 0 Å². The predicted molar refractivity (Wildman–Crippen MR) is 114 cm³/mol. The quantitative estimate of drug-likeness (QED) is 0.620. The van der Waals surface area contributed by atoms with Gasteiger partial charge in [-0.05, 0) is 61.9 Å². The second-order valence-corrected chi connectivity index (χ2v) is 7.22. The van der Waals surface area contributed by atoms with Crippen molar-refractivity contribution in [3.8, 4) is 23.0 Å². The van der Waals surface area contributed by atoms with E-state index in [4.69, 9.17) is 14.2 Å². The molecular formula is C25H27FNO3+. The van der Waals surface area contributed by atoms with Gasteiger partial charge in [0.05, 0.1) is 19.8 Å². The van der Waals surface area contributed by atoms with Gasteiger partial charge in [-0.2, -0.15) is 0 Å². The van der Waals surface area contributed by atoms with Gasteiger partial charge in [0, 0.05) is 17.5 Å². The summed E-state index contributed by atoms with van der Waals surface area (Å²) in [5.74, 6) is 2.00. The number of hydrogen-bond acceptors (Lipinski definition) is 3. The smallest absolute Gasteiger partial charge is 0.165 e. The Morgan fingerprint density at radius 1 is 0.900 bits per heavy atom. The molecule has 2 N–H and O–H groups in total. The molecule has 4 rings (SSSR count). The van der Waals surface area contributed by atoms with E-state index in [1.54, 1.807) is 6.07 Å². The van der Waals surface area contributed by atoms with Crippen molar-refractivity contribution >= 4 is 0 Å². The van der Waals surface area contributed by atoms with E-state index in [1.165, 1.54) is 17.2 Å². The lowest BCUT2D eigenvalue weighted by molar-refractivity contribution is -0.690. The Morgan fingerprint density at radius 2 is 1.63 bits per heavy atom. The van der Waals surface area contributed by atoms with Crippen LogP contribution in [0.2, 0.25) is 0 Å². The van der Waals surface area contributed by atoms with Crippen LogP contribution in [0.15, 0.2) is 60.7 Å². The first-order valence-electron chi connectivity index (χ1n) is 10.5. The third kappa shape index (κ3) is 4.26. The monoisotopic (exact) mass is 408 g/mol. The highest BCUT2D eigenvalue weighted by Crippen LogP contribution is 2.37. The fourth-order valence-corrected chi connectivity index (χ4v) is 3.92. The number of ether oxygens (including phenoxy) is 3. The molecule has 0 aliphatic carbocycles. The molecule has 4 nitrogen and oxygen atoms in total. The molecule has 0 bridgehead atoms. The van der Waals surface area contributed by atoms with Gasteiger partial charge in [0.2, 0.25) is 0 Å². The largest absolute Gasteiger partial charge is 0.490 e. The highest BCUT2D eigenvalue weighted by atomic mass is 19.1. The highest BCUT2D eigenvalue weighted by Gasteiger charge is 2.28. The molecule has 0 saturated heterocycles. The zero-order valence-corrected chi connectivity index (χ0v) is 17.4. The number of para-hydroxylation sites is 1. The molecule has 0 fully saturated rings. The Hall–Kier alpha value is -3.05. The molecule has 1 aliphatic rings. The van der Waals surface area contributed by atoms with Crippen molar-refractivity contribution in [2.45, 2.75) is 26.3 Å². The van der Waals surface area contributed by atoms with Crippen LogP contribution in [-0.4, -0.2) is 19.8 Å². The lowest BCUT2D eigenvalue weighted by Crippen LogP contribution is -2.87. The molecule has 30 heavy (non-hydrogen) atoms. The average molecular weight is 408 g/mol. The van der Waals surface area contributed by atoms with Gasteiger partial charge in [0.1, 0.15) is 11.8 Å². The van der Waals surface area contributed by atoms with Gasteiger partial charge < -0.3 is 19.5 Å². The molecule has 0 saturated carbocycles. The van der Waals surface area contributed by atoms with Crippen LogP contribution in [0.3, 0.4) is 0 Å². The first-order chi connectivity index (χ1) is 14.7. The van der Waals surface area contributed by atoms with Gasteiger partial charge in [0.25, 0.3) is 0 Å². The molecule has 3 aromatic carbocycles. The first kappa shape index (κ1) is 20.2. The maximum Gasteiger partial charge on any atom is 0.165 e. The van der Waals surface area contributed by atoms with E-state index in [0.29, 0.717) is 19.0 Å². The summed E-state index contributed by atoms with van der Waals surface area (Å²) in [6.45, 7) is 6.04. The minimum Gasteiger partial charge on any atom is -0.490 e. The van der Waals surface area contributed by atoms with E-state index in [2.05, 4.69) is 17.4 Å². The van der Waals surface area contributed by atoms with Crippen molar-refractivity contribution in [3.63, 3.8) is 0 Å². The van der Waals surface area contributed by atoms with Crippen LogP contribution in [0.4, 0.5) is 4.39 Å². The number of halogens is 1. The van der Waals surface area contributed by atoms with Crippen LogP contribution in [-0.2, 0) is 6.42 Å². The summed E-state index contributed by atoms with van der Waals surface area (Å²) in [4.78, 5) is 0. The summed E-state index contributed by atoms with van der Waals surface area (Å²) in [5, 5.41) is 2.28. The molecule has 0 amide bonds. The van der Waals surface area contributed by atoms with E-state index < -0.39 is 0 Å². The lowest BCUT2D eigenvalue weighted by atomic mass is 9.89. The molecule has 1 atom stereocenters. The summed E-state index contributed by atoms with van der Waals surface area (Å²) in [6, 6.07) is 18.6. The summed E-state index contributed by atoms with van der Waals surface area (Å²) >= 11 is 0. The summed E-state index contributed by atoms with van der Waals surface area (Å²) < 4.78 is 31.9. The summed E-state index contributed by atoms with van der Waals surface area (Å²) in [7, 11) is 0. The van der Waals surface area contributed by atoms with E-state index in [-0.39, 0.29) is 17.6 Å². The van der Waals surface area contributed by atoms with Crippen molar-refractivity contribution in [2.24, 2.45) is 0 Å². The van der Waals surface area contributed by atoms with Gasteiger partial charge in [-0.25, -0.2) is 4.39 Å². The number of nitrogens with two attached hydrogens (primary N) is 1. The maximum atomic E-state index is 14.4. The van der Waals surface area contributed by atoms with Crippen LogP contribution < -0.4 is 19.5 Å². The molecular weight excluding hydrogens is 381 g/mol. The number of benzene rings is 3. The molecule has 5 heteroatoms. The maximum absolute atomic E-state index is 14.4. The Kier molecular flexibility index (Phi) is 6.19. The Morgan fingerprint density at radius 3 is 2.37 bits per heavy atom. The van der Waals surface area contributed by atoms with Crippen LogP contribution in [0.1, 0.15) is 36.6 Å². The standard InChI is InChI=1S/C25H26FNO3/c1-3-28-23-14-17-12-13-27-25(20(17)16-24(23)29-4-2)18-10-11-21(26)22(15-18)30-19-8-6-5-7-9-19/h5-11,14-16,25,27H,3-4,12-13H2,1-2H3/p+1/t25-/m1/s1. The average Bonchev–Trinajstić information content (AvgIpc) is 2.76. The van der Waals surface area contributed by atoms with E-state index in [9.17, 15) is 4.39 Å². The number of hydrogen-bond donors (Lipinski definition) is 1. The first-order valence-corrected chi connectivity index (χ1v) is 10.5. The third-order valence-electron chi connectivity index (χ3n) is 5.24. The topological polar surface area (TPSA) is 44.3 Å². The van der Waals surface area contributed by atoms with E-state index >= 15 is 0 Å². The molecule has 1 aliphatic heterocycles. The second-order valence-electron chi connectivity index (χ2n) is 7.22. The van der Waals surface area contributed by atoms with Gasteiger partial charge in [0.15, 0.2) is 23.1 Å². The minimum absolute atomic E-state index is 0.0438. The Bertz CT molecular complexity index is 1010. The number of rotatable bonds is 7. The molecule has 0 unspecified atom stereocenters. The van der Waals surface area contributed by atoms with Gasteiger partial charge in [-0.3, -0.25) is 0 Å². The molecule has 0 radical (unpaired) electrons. The molecule has 156 valence electrons. The van der Waals surface area contributed by atoms with E-state index in [0.717, 1.165) is 30.0 Å². The van der Waals surface area contributed by atoms with E-state index in [1.807, 2.05) is 50.2 Å². The zero-order valence-electron chi connectivity index (χ0n) is 17.4. The fourth-order valence-electron chi connectivity index (χ4n) is 3.92. The van der Waals surface area contributed by atoms with Crippen LogP contribution >= 0.6 is 0 Å². The fraction of sp³-hybridized carbons (Fsp3) is 0.280. The Labute approximate surface area is 176 Å². The number of quaternary nitrogens is 1. The Balaban J connectivity index is 1.70. The van der Waals surface area contributed by atoms with Crippen molar-refractivity contribution < 1.29 is 23.9 Å². The second kappa shape index (κ2) is 9.18. The van der Waals surface area contributed by atoms with Crippen LogP contribution in [0.25, 0.3) is 0 Å². The lowest BCUT2D eigenvalue weighted by Gasteiger charge is -2.26. The van der Waals surface area contributed by atoms with Crippen molar-refractivity contribution in [2.75, 3.05) is 19.8 Å². The normalized spacial score (nSPS) is 15.4. The van der Waals surface area contributed by atoms with Crippen LogP contribution in [0.5, 0.6) is 23.0 Å². The van der Waals surface area contributed by atoms with Crippen molar-refractivity contribution in [1.82, 2.24) is 0 Å². The zero-order chi connectivity index (χ0) is 20.9. The van der Waals surface area contributed by atoms with Gasteiger partial charge in [-0.15, -0.1) is 0 Å². The molecule has 1 heterocycles. The molecule has 0 aromatic heterocycles. The van der Waals surface area contributed by atoms with Crippen molar-refractivity contribution in [3.05, 3.63) is 83.2 Å². The molecule has 0 spiro atoms. The molecule has 3 aromatic rings. The third-order valence-corrected chi connectivity index (χ3v) is 5.24. The SMILES string of the molecule is CCOc1cc2c(cc1OCC)[C@@H](c1ccc(F)c(Oc3ccccc3)c1)[NH2+]CC2. The number of fused-ring (bicyclic) bond motifs is 1. The summed E-state index contributed by atoms with van der Waals surface area (Å²) in [6.07, 6.45) is 0.951. The van der Waals surface area contributed by atoms with Gasteiger partial charge in [-0.1, -0.05) is 18.2 Å². The minimum atomic E-state index is -0.375. The predicted octanol–water partition coefficient (Wildman–Crippen LogP) is 4.62. The summed E-state index contributed by atoms with van der Waals surface area (Å²) in [5.41, 5.74) is 3.41. The van der Waals surface area contributed by atoms with Crippen molar-refractivity contribution in [1.29, 1.82) is 0 Å². The highest BCUT2D eigenvalue weighted by molar-refractivity contribution is 5.51. The van der Waals surface area contributed by atoms with Crippen LogP contribution in [0, 0.1) is 5.82 Å².